The lowest BCUT2D eigenvalue weighted by molar-refractivity contribution is -0.222. The van der Waals surface area contributed by atoms with Crippen LogP contribution in [0.5, 0.6) is 5.75 Å². The number of carbonyl (C=O) groups is 2. The van der Waals surface area contributed by atoms with E-state index in [9.17, 15) is 14.0 Å². The molecule has 3 rings (SSSR count). The molecule has 0 radical (unpaired) electrons. The van der Waals surface area contributed by atoms with Gasteiger partial charge in [-0.25, -0.2) is 14.0 Å². The van der Waals surface area contributed by atoms with Crippen molar-refractivity contribution in [2.75, 3.05) is 0 Å². The number of halogens is 2. The molecule has 1 aliphatic rings. The fraction of sp³-hybridized carbons (Fsp3) is 0.200. The first kappa shape index (κ1) is 18.9. The number of rotatable bonds is 4. The molecule has 2 aromatic carbocycles. The number of carbonyl (C=O) groups excluding carboxylic acids is 2. The monoisotopic (exact) mass is 390 g/mol. The van der Waals surface area contributed by atoms with E-state index in [2.05, 4.69) is 0 Å². The van der Waals surface area contributed by atoms with Gasteiger partial charge in [-0.3, -0.25) is 0 Å². The zero-order valence-corrected chi connectivity index (χ0v) is 15.4. The number of ether oxygens (including phenoxy) is 3. The van der Waals surface area contributed by atoms with Gasteiger partial charge in [0, 0.05) is 18.9 Å². The van der Waals surface area contributed by atoms with Crippen molar-refractivity contribution in [1.29, 1.82) is 0 Å². The Bertz CT molecular complexity index is 914. The van der Waals surface area contributed by atoms with E-state index in [4.69, 9.17) is 25.8 Å². The maximum Gasteiger partial charge on any atom is 0.348 e. The molecule has 0 bridgehead atoms. The molecule has 5 nitrogen and oxygen atoms in total. The number of hydrogen-bond donors (Lipinski definition) is 0. The Hall–Kier alpha value is -2.86. The van der Waals surface area contributed by atoms with Crippen LogP contribution in [0.1, 0.15) is 25.0 Å². The normalized spacial score (nSPS) is 15.8. The second-order valence-electron chi connectivity index (χ2n) is 6.35. The Morgan fingerprint density at radius 3 is 2.44 bits per heavy atom. The summed E-state index contributed by atoms with van der Waals surface area (Å²) in [4.78, 5) is 23.9. The molecule has 0 N–H and O–H groups in total. The number of esters is 2. The van der Waals surface area contributed by atoms with Crippen molar-refractivity contribution in [2.45, 2.75) is 26.2 Å². The van der Waals surface area contributed by atoms with Crippen LogP contribution < -0.4 is 4.74 Å². The lowest BCUT2D eigenvalue weighted by Crippen LogP contribution is -2.41. The number of benzene rings is 2. The molecule has 1 heterocycles. The zero-order valence-electron chi connectivity index (χ0n) is 14.6. The van der Waals surface area contributed by atoms with Crippen LogP contribution in [0.2, 0.25) is 5.02 Å². The van der Waals surface area contributed by atoms with Crippen LogP contribution in [-0.2, 0) is 25.7 Å². The Balaban J connectivity index is 1.75. The standard InChI is InChI=1S/C20H16ClFO5/c1-20(2)26-18(23)15(19(24)27-20)9-12-6-7-17(16(22)10-12)25-11-13-4-3-5-14(21)8-13/h3-10H,11H2,1-2H3. The molecule has 0 unspecified atom stereocenters. The maximum atomic E-state index is 14.3. The van der Waals surface area contributed by atoms with Gasteiger partial charge in [-0.15, -0.1) is 0 Å². The molecule has 0 saturated carbocycles. The Kier molecular flexibility index (Phi) is 5.19. The molecule has 7 heteroatoms. The smallest absolute Gasteiger partial charge is 0.348 e. The summed E-state index contributed by atoms with van der Waals surface area (Å²) in [5.74, 6) is -3.57. The molecule has 0 aliphatic carbocycles. The lowest BCUT2D eigenvalue weighted by atomic mass is 10.1. The van der Waals surface area contributed by atoms with E-state index in [0.717, 1.165) is 11.6 Å². The highest BCUT2D eigenvalue weighted by atomic mass is 35.5. The Morgan fingerprint density at radius 1 is 1.11 bits per heavy atom. The summed E-state index contributed by atoms with van der Waals surface area (Å²) in [6, 6.07) is 11.1. The van der Waals surface area contributed by atoms with E-state index in [-0.39, 0.29) is 17.9 Å². The Morgan fingerprint density at radius 2 is 1.81 bits per heavy atom. The van der Waals surface area contributed by atoms with Crippen LogP contribution in [-0.4, -0.2) is 17.7 Å². The second-order valence-corrected chi connectivity index (χ2v) is 6.78. The summed E-state index contributed by atoms with van der Waals surface area (Å²) in [5.41, 5.74) is 0.788. The summed E-state index contributed by atoms with van der Waals surface area (Å²) >= 11 is 5.90. The van der Waals surface area contributed by atoms with Crippen molar-refractivity contribution in [3.63, 3.8) is 0 Å². The molecule has 140 valence electrons. The average molecular weight is 391 g/mol. The summed E-state index contributed by atoms with van der Waals surface area (Å²) in [6.07, 6.45) is 1.21. The molecule has 0 aromatic heterocycles. The molecule has 0 amide bonds. The summed E-state index contributed by atoms with van der Waals surface area (Å²) in [7, 11) is 0. The minimum Gasteiger partial charge on any atom is -0.486 e. The van der Waals surface area contributed by atoms with Gasteiger partial charge < -0.3 is 14.2 Å². The van der Waals surface area contributed by atoms with Crippen molar-refractivity contribution in [2.24, 2.45) is 0 Å². The predicted molar refractivity (Wildman–Crippen MR) is 96.4 cm³/mol. The summed E-state index contributed by atoms with van der Waals surface area (Å²) in [6.45, 7) is 3.04. The molecular formula is C20H16ClFO5. The third-order valence-electron chi connectivity index (χ3n) is 3.67. The van der Waals surface area contributed by atoms with Gasteiger partial charge in [0.2, 0.25) is 0 Å². The number of hydrogen-bond acceptors (Lipinski definition) is 5. The van der Waals surface area contributed by atoms with E-state index in [1.807, 2.05) is 6.07 Å². The first-order valence-corrected chi connectivity index (χ1v) is 8.46. The van der Waals surface area contributed by atoms with E-state index in [0.29, 0.717) is 10.6 Å². The van der Waals surface area contributed by atoms with Gasteiger partial charge in [-0.1, -0.05) is 29.8 Å². The van der Waals surface area contributed by atoms with Gasteiger partial charge in [0.05, 0.1) is 0 Å². The second kappa shape index (κ2) is 7.40. The van der Waals surface area contributed by atoms with Crippen LogP contribution in [0, 0.1) is 5.82 Å². The first-order chi connectivity index (χ1) is 12.7. The van der Waals surface area contributed by atoms with Crippen LogP contribution in [0.25, 0.3) is 6.08 Å². The van der Waals surface area contributed by atoms with Crippen molar-refractivity contribution in [3.8, 4) is 5.75 Å². The minimum atomic E-state index is -1.32. The largest absolute Gasteiger partial charge is 0.486 e. The molecule has 0 spiro atoms. The highest BCUT2D eigenvalue weighted by Gasteiger charge is 2.38. The Labute approximate surface area is 160 Å². The number of cyclic esters (lactones) is 2. The molecule has 0 atom stereocenters. The van der Waals surface area contributed by atoms with Crippen molar-refractivity contribution >= 4 is 29.6 Å². The van der Waals surface area contributed by atoms with Gasteiger partial charge in [-0.2, -0.15) is 0 Å². The fourth-order valence-corrected chi connectivity index (χ4v) is 2.67. The fourth-order valence-electron chi connectivity index (χ4n) is 2.46. The summed E-state index contributed by atoms with van der Waals surface area (Å²) < 4.78 is 29.7. The zero-order chi connectivity index (χ0) is 19.6. The molecular weight excluding hydrogens is 375 g/mol. The van der Waals surface area contributed by atoms with Gasteiger partial charge in [-0.05, 0) is 41.5 Å². The highest BCUT2D eigenvalue weighted by Crippen LogP contribution is 2.26. The third kappa shape index (κ3) is 4.65. The summed E-state index contributed by atoms with van der Waals surface area (Å²) in [5, 5.41) is 0.563. The van der Waals surface area contributed by atoms with Crippen molar-refractivity contribution in [1.82, 2.24) is 0 Å². The van der Waals surface area contributed by atoms with Crippen LogP contribution in [0.3, 0.4) is 0 Å². The molecule has 27 heavy (non-hydrogen) atoms. The van der Waals surface area contributed by atoms with Crippen LogP contribution in [0.4, 0.5) is 4.39 Å². The predicted octanol–water partition coefficient (Wildman–Crippen LogP) is 4.28. The average Bonchev–Trinajstić information content (AvgIpc) is 2.56. The molecule has 1 aliphatic heterocycles. The molecule has 1 fully saturated rings. The van der Waals surface area contributed by atoms with Gasteiger partial charge in [0.25, 0.3) is 5.79 Å². The topological polar surface area (TPSA) is 61.8 Å². The minimum absolute atomic E-state index is 0.0343. The van der Waals surface area contributed by atoms with E-state index in [1.165, 1.54) is 32.1 Å². The third-order valence-corrected chi connectivity index (χ3v) is 3.90. The van der Waals surface area contributed by atoms with E-state index in [1.54, 1.807) is 18.2 Å². The van der Waals surface area contributed by atoms with Gasteiger partial charge in [0.15, 0.2) is 11.6 Å². The van der Waals surface area contributed by atoms with Crippen LogP contribution >= 0.6 is 11.6 Å². The SMILES string of the molecule is CC1(C)OC(=O)C(=Cc2ccc(OCc3cccc(Cl)c3)c(F)c2)C(=O)O1. The molecule has 2 aromatic rings. The van der Waals surface area contributed by atoms with Crippen LogP contribution in [0.15, 0.2) is 48.0 Å². The quantitative estimate of drug-likeness (QED) is 0.443. The van der Waals surface area contributed by atoms with Crippen molar-refractivity contribution < 1.29 is 28.2 Å². The molecule has 1 saturated heterocycles. The maximum absolute atomic E-state index is 14.3. The first-order valence-electron chi connectivity index (χ1n) is 8.09. The van der Waals surface area contributed by atoms with Crippen molar-refractivity contribution in [3.05, 3.63) is 70.0 Å². The lowest BCUT2D eigenvalue weighted by Gasteiger charge is -2.29. The van der Waals surface area contributed by atoms with Gasteiger partial charge >= 0.3 is 11.9 Å². The van der Waals surface area contributed by atoms with Gasteiger partial charge in [0.1, 0.15) is 12.2 Å². The highest BCUT2D eigenvalue weighted by molar-refractivity contribution is 6.30. The van der Waals surface area contributed by atoms with E-state index < -0.39 is 23.5 Å². The van der Waals surface area contributed by atoms with E-state index >= 15 is 0 Å².